The largest absolute Gasteiger partial charge is 0.359 e. The lowest BCUT2D eigenvalue weighted by Gasteiger charge is -2.02. The molecule has 1 atom stereocenters. The second kappa shape index (κ2) is 3.42. The molecule has 0 spiro atoms. The van der Waals surface area contributed by atoms with Gasteiger partial charge in [0.25, 0.3) is 0 Å². The summed E-state index contributed by atoms with van der Waals surface area (Å²) in [6.07, 6.45) is 2.60. The molecule has 3 heteroatoms. The van der Waals surface area contributed by atoms with Crippen molar-refractivity contribution in [1.82, 2.24) is 4.98 Å². The first-order chi connectivity index (χ1) is 6.68. The quantitative estimate of drug-likeness (QED) is 0.752. The average molecular weight is 192 g/mol. The van der Waals surface area contributed by atoms with Gasteiger partial charge in [0.05, 0.1) is 5.52 Å². The van der Waals surface area contributed by atoms with Gasteiger partial charge in [0.15, 0.2) is 0 Å². The highest BCUT2D eigenvalue weighted by molar-refractivity contribution is 5.83. The normalized spacial score (nSPS) is 13.4. The first kappa shape index (κ1) is 9.21. The molecule has 0 aliphatic heterocycles. The molecule has 2 nitrogen and oxygen atoms in total. The second-order valence-corrected chi connectivity index (χ2v) is 3.66. The number of para-hydroxylation sites is 1. The maximum absolute atomic E-state index is 13.3. The standard InChI is InChI=1S/C11H13FN2/c1-7(13)5-8-6-14-11-9(8)3-2-4-10(11)12/h2-4,6-7,14H,5,13H2,1H3/t7-/m1/s1. The van der Waals surface area contributed by atoms with Crippen molar-refractivity contribution in [2.45, 2.75) is 19.4 Å². The lowest BCUT2D eigenvalue weighted by molar-refractivity contribution is 0.637. The van der Waals surface area contributed by atoms with Crippen LogP contribution in [0.25, 0.3) is 10.9 Å². The van der Waals surface area contributed by atoms with E-state index in [9.17, 15) is 4.39 Å². The van der Waals surface area contributed by atoms with Crippen molar-refractivity contribution in [2.24, 2.45) is 5.73 Å². The van der Waals surface area contributed by atoms with E-state index < -0.39 is 0 Å². The third kappa shape index (κ3) is 1.51. The first-order valence-corrected chi connectivity index (χ1v) is 4.68. The van der Waals surface area contributed by atoms with Crippen molar-refractivity contribution in [3.05, 3.63) is 35.8 Å². The van der Waals surface area contributed by atoms with Gasteiger partial charge < -0.3 is 10.7 Å². The Morgan fingerprint density at radius 3 is 3.00 bits per heavy atom. The molecule has 0 saturated carbocycles. The minimum Gasteiger partial charge on any atom is -0.359 e. The van der Waals surface area contributed by atoms with Crippen molar-refractivity contribution >= 4 is 10.9 Å². The zero-order chi connectivity index (χ0) is 10.1. The minimum absolute atomic E-state index is 0.0947. The smallest absolute Gasteiger partial charge is 0.147 e. The number of nitrogens with one attached hydrogen (secondary N) is 1. The van der Waals surface area contributed by atoms with E-state index in [0.717, 1.165) is 17.4 Å². The van der Waals surface area contributed by atoms with Crippen LogP contribution in [-0.2, 0) is 6.42 Å². The van der Waals surface area contributed by atoms with Gasteiger partial charge in [0, 0.05) is 17.6 Å². The summed E-state index contributed by atoms with van der Waals surface area (Å²) in [6.45, 7) is 1.94. The van der Waals surface area contributed by atoms with Crippen molar-refractivity contribution in [3.8, 4) is 0 Å². The van der Waals surface area contributed by atoms with Crippen LogP contribution in [-0.4, -0.2) is 11.0 Å². The van der Waals surface area contributed by atoms with Crippen molar-refractivity contribution in [2.75, 3.05) is 0 Å². The Hall–Kier alpha value is -1.35. The zero-order valence-electron chi connectivity index (χ0n) is 8.05. The van der Waals surface area contributed by atoms with Gasteiger partial charge in [-0.1, -0.05) is 12.1 Å². The van der Waals surface area contributed by atoms with Gasteiger partial charge in [0.2, 0.25) is 0 Å². The van der Waals surface area contributed by atoms with E-state index in [-0.39, 0.29) is 11.9 Å². The molecule has 1 aromatic carbocycles. The molecule has 2 aromatic rings. The average Bonchev–Trinajstić information content (AvgIpc) is 2.49. The molecule has 74 valence electrons. The number of hydrogen-bond acceptors (Lipinski definition) is 1. The molecule has 0 fully saturated rings. The van der Waals surface area contributed by atoms with E-state index in [2.05, 4.69) is 4.98 Å². The number of fused-ring (bicyclic) bond motifs is 1. The molecule has 14 heavy (non-hydrogen) atoms. The summed E-state index contributed by atoms with van der Waals surface area (Å²) in [5.41, 5.74) is 7.36. The van der Waals surface area contributed by atoms with Gasteiger partial charge in [-0.05, 0) is 25.0 Å². The van der Waals surface area contributed by atoms with Crippen LogP contribution in [0.1, 0.15) is 12.5 Å². The minimum atomic E-state index is -0.210. The Kier molecular flexibility index (Phi) is 2.25. The van der Waals surface area contributed by atoms with E-state index in [1.807, 2.05) is 19.2 Å². The van der Waals surface area contributed by atoms with Crippen LogP contribution in [0.5, 0.6) is 0 Å². The number of H-pyrrole nitrogens is 1. The Morgan fingerprint density at radius 2 is 2.29 bits per heavy atom. The number of aromatic amines is 1. The Bertz CT molecular complexity index is 445. The topological polar surface area (TPSA) is 41.8 Å². The molecular formula is C11H13FN2. The highest BCUT2D eigenvalue weighted by atomic mass is 19.1. The summed E-state index contributed by atoms with van der Waals surface area (Å²) in [5.74, 6) is -0.210. The number of nitrogens with two attached hydrogens (primary N) is 1. The fourth-order valence-corrected chi connectivity index (χ4v) is 1.69. The predicted molar refractivity (Wildman–Crippen MR) is 55.6 cm³/mol. The molecule has 1 aromatic heterocycles. The summed E-state index contributed by atoms with van der Waals surface area (Å²) < 4.78 is 13.3. The van der Waals surface area contributed by atoms with Gasteiger partial charge in [0.1, 0.15) is 5.82 Å². The molecule has 3 N–H and O–H groups in total. The van der Waals surface area contributed by atoms with Crippen LogP contribution in [0.4, 0.5) is 4.39 Å². The summed E-state index contributed by atoms with van der Waals surface area (Å²) in [5, 5.41) is 0.933. The van der Waals surface area contributed by atoms with Gasteiger partial charge in [-0.2, -0.15) is 0 Å². The maximum atomic E-state index is 13.3. The lowest BCUT2D eigenvalue weighted by Crippen LogP contribution is -2.17. The molecule has 0 aliphatic carbocycles. The zero-order valence-corrected chi connectivity index (χ0v) is 8.05. The van der Waals surface area contributed by atoms with E-state index in [0.29, 0.717) is 5.52 Å². The number of hydrogen-bond donors (Lipinski definition) is 2. The fraction of sp³-hybridized carbons (Fsp3) is 0.273. The molecule has 2 rings (SSSR count). The lowest BCUT2D eigenvalue weighted by atomic mass is 10.1. The van der Waals surface area contributed by atoms with Gasteiger partial charge in [-0.15, -0.1) is 0 Å². The summed E-state index contributed by atoms with van der Waals surface area (Å²) in [4.78, 5) is 2.93. The fourth-order valence-electron chi connectivity index (χ4n) is 1.69. The summed E-state index contributed by atoms with van der Waals surface area (Å²) in [7, 11) is 0. The summed E-state index contributed by atoms with van der Waals surface area (Å²) >= 11 is 0. The maximum Gasteiger partial charge on any atom is 0.147 e. The third-order valence-corrected chi connectivity index (χ3v) is 2.29. The molecule has 0 aliphatic rings. The van der Waals surface area contributed by atoms with E-state index in [4.69, 9.17) is 5.73 Å². The monoisotopic (exact) mass is 192 g/mol. The third-order valence-electron chi connectivity index (χ3n) is 2.29. The number of aromatic nitrogens is 1. The Balaban J connectivity index is 2.52. The number of rotatable bonds is 2. The van der Waals surface area contributed by atoms with E-state index in [1.54, 1.807) is 6.07 Å². The van der Waals surface area contributed by atoms with E-state index >= 15 is 0 Å². The van der Waals surface area contributed by atoms with E-state index in [1.165, 1.54) is 6.07 Å². The van der Waals surface area contributed by atoms with Crippen LogP contribution in [0.3, 0.4) is 0 Å². The molecule has 0 unspecified atom stereocenters. The van der Waals surface area contributed by atoms with Crippen LogP contribution in [0, 0.1) is 5.82 Å². The van der Waals surface area contributed by atoms with Crippen molar-refractivity contribution in [1.29, 1.82) is 0 Å². The van der Waals surface area contributed by atoms with Crippen LogP contribution >= 0.6 is 0 Å². The summed E-state index contributed by atoms with van der Waals surface area (Å²) in [6, 6.07) is 5.18. The molecule has 1 heterocycles. The number of benzene rings is 1. The van der Waals surface area contributed by atoms with Crippen LogP contribution < -0.4 is 5.73 Å². The van der Waals surface area contributed by atoms with Crippen LogP contribution in [0.2, 0.25) is 0 Å². The number of halogens is 1. The SMILES string of the molecule is C[C@@H](N)Cc1c[nH]c2c(F)cccc12. The highest BCUT2D eigenvalue weighted by Gasteiger charge is 2.07. The van der Waals surface area contributed by atoms with Crippen molar-refractivity contribution in [3.63, 3.8) is 0 Å². The van der Waals surface area contributed by atoms with Crippen LogP contribution in [0.15, 0.2) is 24.4 Å². The van der Waals surface area contributed by atoms with Gasteiger partial charge in [-0.25, -0.2) is 4.39 Å². The second-order valence-electron chi connectivity index (χ2n) is 3.66. The highest BCUT2D eigenvalue weighted by Crippen LogP contribution is 2.21. The predicted octanol–water partition coefficient (Wildman–Crippen LogP) is 2.20. The molecule has 0 radical (unpaired) electrons. The Labute approximate surface area is 81.9 Å². The first-order valence-electron chi connectivity index (χ1n) is 4.68. The van der Waals surface area contributed by atoms with Gasteiger partial charge >= 0.3 is 0 Å². The molecule has 0 amide bonds. The molecular weight excluding hydrogens is 179 g/mol. The Morgan fingerprint density at radius 1 is 1.50 bits per heavy atom. The van der Waals surface area contributed by atoms with Gasteiger partial charge in [-0.3, -0.25) is 0 Å². The molecule has 0 saturated heterocycles. The molecule has 0 bridgehead atoms. The van der Waals surface area contributed by atoms with Crippen molar-refractivity contribution < 1.29 is 4.39 Å².